The predicted octanol–water partition coefficient (Wildman–Crippen LogP) is 2.59. The van der Waals surface area contributed by atoms with Gasteiger partial charge in [-0.15, -0.1) is 10.2 Å². The number of piperidine rings is 1. The Labute approximate surface area is 148 Å². The summed E-state index contributed by atoms with van der Waals surface area (Å²) in [7, 11) is 0. The molecule has 1 aliphatic rings. The summed E-state index contributed by atoms with van der Waals surface area (Å²) in [6.45, 7) is 9.26. The molecule has 0 amide bonds. The summed E-state index contributed by atoms with van der Waals surface area (Å²) < 4.78 is 2.09. The zero-order valence-corrected chi connectivity index (χ0v) is 15.3. The quantitative estimate of drug-likeness (QED) is 0.900. The molecule has 6 nitrogen and oxygen atoms in total. The Kier molecular flexibility index (Phi) is 5.36. The third-order valence-electron chi connectivity index (χ3n) is 4.51. The maximum Gasteiger partial charge on any atom is 0.151 e. The van der Waals surface area contributed by atoms with Crippen molar-refractivity contribution in [2.45, 2.75) is 52.2 Å². The van der Waals surface area contributed by atoms with E-state index in [1.165, 1.54) is 5.69 Å². The van der Waals surface area contributed by atoms with Gasteiger partial charge >= 0.3 is 0 Å². The zero-order chi connectivity index (χ0) is 17.1. The van der Waals surface area contributed by atoms with E-state index in [4.69, 9.17) is 11.6 Å². The maximum atomic E-state index is 5.80. The topological polar surface area (TPSA) is 58.9 Å². The van der Waals surface area contributed by atoms with Gasteiger partial charge < -0.3 is 10.2 Å². The second kappa shape index (κ2) is 7.49. The van der Waals surface area contributed by atoms with Crippen molar-refractivity contribution < 1.29 is 0 Å². The minimum Gasteiger partial charge on any atom is -0.355 e. The Morgan fingerprint density at radius 2 is 2.00 bits per heavy atom. The first-order valence-corrected chi connectivity index (χ1v) is 8.90. The van der Waals surface area contributed by atoms with Crippen molar-refractivity contribution >= 4 is 17.4 Å². The van der Waals surface area contributed by atoms with Crippen molar-refractivity contribution in [1.29, 1.82) is 0 Å². The average Bonchev–Trinajstić information content (AvgIpc) is 2.86. The van der Waals surface area contributed by atoms with Gasteiger partial charge in [0.2, 0.25) is 0 Å². The van der Waals surface area contributed by atoms with Crippen molar-refractivity contribution in [2.24, 2.45) is 0 Å². The second-order valence-electron chi connectivity index (χ2n) is 6.65. The van der Waals surface area contributed by atoms with Gasteiger partial charge in [-0.3, -0.25) is 4.68 Å². The van der Waals surface area contributed by atoms with Gasteiger partial charge in [-0.2, -0.15) is 5.10 Å². The number of hydrogen-bond acceptors (Lipinski definition) is 5. The summed E-state index contributed by atoms with van der Waals surface area (Å²) in [5, 5.41) is 16.8. The van der Waals surface area contributed by atoms with E-state index < -0.39 is 0 Å². The fourth-order valence-electron chi connectivity index (χ4n) is 3.33. The molecule has 3 heterocycles. The Hall–Kier alpha value is -1.66. The number of rotatable bonds is 5. The van der Waals surface area contributed by atoms with Gasteiger partial charge in [0.1, 0.15) is 0 Å². The third kappa shape index (κ3) is 4.24. The molecule has 0 bridgehead atoms. The molecular weight excluding hydrogens is 324 g/mol. The molecule has 1 saturated heterocycles. The van der Waals surface area contributed by atoms with Crippen LogP contribution in [-0.4, -0.2) is 45.2 Å². The molecule has 3 rings (SSSR count). The van der Waals surface area contributed by atoms with Crippen LogP contribution >= 0.6 is 11.6 Å². The third-order valence-corrected chi connectivity index (χ3v) is 4.71. The summed E-state index contributed by atoms with van der Waals surface area (Å²) in [6, 6.07) is 6.79. The molecule has 1 fully saturated rings. The smallest absolute Gasteiger partial charge is 0.151 e. The number of nitrogens with zero attached hydrogens (tertiary/aromatic N) is 5. The Morgan fingerprint density at radius 1 is 1.25 bits per heavy atom. The Morgan fingerprint density at radius 3 is 2.58 bits per heavy atom. The van der Waals surface area contributed by atoms with E-state index in [2.05, 4.69) is 50.1 Å². The van der Waals surface area contributed by atoms with Crippen LogP contribution in [0, 0.1) is 13.8 Å². The van der Waals surface area contributed by atoms with Gasteiger partial charge in [-0.05, 0) is 51.8 Å². The molecule has 2 aromatic rings. The molecule has 1 N–H and O–H groups in total. The van der Waals surface area contributed by atoms with Crippen molar-refractivity contribution in [3.8, 4) is 0 Å². The highest BCUT2D eigenvalue weighted by molar-refractivity contribution is 6.29. The van der Waals surface area contributed by atoms with Crippen LogP contribution in [0.25, 0.3) is 0 Å². The number of halogens is 1. The number of hydrogen-bond donors (Lipinski definition) is 1. The fraction of sp³-hybridized carbons (Fsp3) is 0.588. The maximum absolute atomic E-state index is 5.80. The number of aromatic nitrogens is 4. The largest absolute Gasteiger partial charge is 0.355 e. The van der Waals surface area contributed by atoms with E-state index in [9.17, 15) is 0 Å². The van der Waals surface area contributed by atoms with Crippen LogP contribution in [-0.2, 0) is 6.54 Å². The van der Waals surface area contributed by atoms with Gasteiger partial charge in [0.05, 0.1) is 12.2 Å². The first-order chi connectivity index (χ1) is 11.5. The van der Waals surface area contributed by atoms with Crippen molar-refractivity contribution in [2.75, 3.05) is 18.0 Å². The molecule has 7 heteroatoms. The Balaban J connectivity index is 1.48. The minimum atomic E-state index is 0.398. The van der Waals surface area contributed by atoms with Crippen molar-refractivity contribution in [3.05, 3.63) is 34.7 Å². The summed E-state index contributed by atoms with van der Waals surface area (Å²) in [6.07, 6.45) is 2.21. The standard InChI is InChI=1S/C17H25ClN6/c1-12-10-14(3)24(22-12)11-13(2)19-15-6-8-23(9-7-15)17-5-4-16(18)20-21-17/h4-5,10,13,15,19H,6-9,11H2,1-3H3. The highest BCUT2D eigenvalue weighted by Gasteiger charge is 2.21. The molecule has 0 aliphatic carbocycles. The van der Waals surface area contributed by atoms with Gasteiger partial charge in [0.15, 0.2) is 11.0 Å². The summed E-state index contributed by atoms with van der Waals surface area (Å²) in [5.41, 5.74) is 2.30. The van der Waals surface area contributed by atoms with E-state index >= 15 is 0 Å². The molecule has 0 spiro atoms. The molecule has 1 aliphatic heterocycles. The van der Waals surface area contributed by atoms with E-state index in [0.717, 1.165) is 44.0 Å². The van der Waals surface area contributed by atoms with Crippen LogP contribution in [0.3, 0.4) is 0 Å². The lowest BCUT2D eigenvalue weighted by atomic mass is 10.0. The first kappa shape index (κ1) is 17.2. The average molecular weight is 349 g/mol. The lowest BCUT2D eigenvalue weighted by molar-refractivity contribution is 0.345. The van der Waals surface area contributed by atoms with Crippen LogP contribution in [0.15, 0.2) is 18.2 Å². The van der Waals surface area contributed by atoms with E-state index in [1.54, 1.807) is 6.07 Å². The van der Waals surface area contributed by atoms with Gasteiger partial charge in [-0.1, -0.05) is 11.6 Å². The SMILES string of the molecule is Cc1cc(C)n(CC(C)NC2CCN(c3ccc(Cl)nn3)CC2)n1. The number of aryl methyl sites for hydroxylation is 2. The minimum absolute atomic E-state index is 0.398. The summed E-state index contributed by atoms with van der Waals surface area (Å²) in [5.74, 6) is 0.911. The molecule has 2 aromatic heterocycles. The fourth-order valence-corrected chi connectivity index (χ4v) is 3.43. The van der Waals surface area contributed by atoms with E-state index in [-0.39, 0.29) is 0 Å². The van der Waals surface area contributed by atoms with Crippen molar-refractivity contribution in [1.82, 2.24) is 25.3 Å². The van der Waals surface area contributed by atoms with E-state index in [0.29, 0.717) is 17.2 Å². The molecule has 0 saturated carbocycles. The Bertz CT molecular complexity index is 660. The molecule has 0 aromatic carbocycles. The molecule has 24 heavy (non-hydrogen) atoms. The molecule has 1 atom stereocenters. The van der Waals surface area contributed by atoms with Gasteiger partial charge in [0.25, 0.3) is 0 Å². The van der Waals surface area contributed by atoms with E-state index in [1.807, 2.05) is 13.0 Å². The molecule has 130 valence electrons. The van der Waals surface area contributed by atoms with Crippen molar-refractivity contribution in [3.63, 3.8) is 0 Å². The van der Waals surface area contributed by atoms with Crippen LogP contribution < -0.4 is 10.2 Å². The number of nitrogens with one attached hydrogen (secondary N) is 1. The van der Waals surface area contributed by atoms with Gasteiger partial charge in [-0.25, -0.2) is 0 Å². The number of anilines is 1. The van der Waals surface area contributed by atoms with Crippen LogP contribution in [0.4, 0.5) is 5.82 Å². The normalized spacial score (nSPS) is 17.2. The molecular formula is C17H25ClN6. The highest BCUT2D eigenvalue weighted by atomic mass is 35.5. The monoisotopic (exact) mass is 348 g/mol. The first-order valence-electron chi connectivity index (χ1n) is 8.52. The highest BCUT2D eigenvalue weighted by Crippen LogP contribution is 2.18. The second-order valence-corrected chi connectivity index (χ2v) is 7.04. The molecule has 1 unspecified atom stereocenters. The lowest BCUT2D eigenvalue weighted by Gasteiger charge is -2.34. The molecule has 0 radical (unpaired) electrons. The van der Waals surface area contributed by atoms with Crippen LogP contribution in [0.2, 0.25) is 5.15 Å². The van der Waals surface area contributed by atoms with Gasteiger partial charge in [0, 0.05) is 30.9 Å². The summed E-state index contributed by atoms with van der Waals surface area (Å²) in [4.78, 5) is 2.27. The zero-order valence-electron chi connectivity index (χ0n) is 14.5. The predicted molar refractivity (Wildman–Crippen MR) is 96.6 cm³/mol. The van der Waals surface area contributed by atoms with Crippen LogP contribution in [0.5, 0.6) is 0 Å². The lowest BCUT2D eigenvalue weighted by Crippen LogP contribution is -2.46. The summed E-state index contributed by atoms with van der Waals surface area (Å²) >= 11 is 5.80. The van der Waals surface area contributed by atoms with Crippen LogP contribution in [0.1, 0.15) is 31.2 Å².